The van der Waals surface area contributed by atoms with Crippen molar-refractivity contribution in [2.75, 3.05) is 13.6 Å². The van der Waals surface area contributed by atoms with Gasteiger partial charge in [0.1, 0.15) is 17.5 Å². The number of aromatic amines is 1. The molecular formula is C29H28ClF3N4O. The van der Waals surface area contributed by atoms with Crippen LogP contribution in [0, 0.1) is 29.8 Å². The van der Waals surface area contributed by atoms with Gasteiger partial charge < -0.3 is 15.6 Å². The van der Waals surface area contributed by atoms with Gasteiger partial charge in [-0.3, -0.25) is 9.79 Å². The molecule has 1 aliphatic rings. The van der Waals surface area contributed by atoms with E-state index in [1.165, 1.54) is 30.1 Å². The van der Waals surface area contributed by atoms with E-state index in [9.17, 15) is 18.0 Å². The highest BCUT2D eigenvalue weighted by atomic mass is 35.5. The summed E-state index contributed by atoms with van der Waals surface area (Å²) >= 11 is 6.56. The summed E-state index contributed by atoms with van der Waals surface area (Å²) in [4.78, 5) is 22.1. The average Bonchev–Trinajstić information content (AvgIpc) is 3.38. The number of aliphatic imine (C=N–C) groups is 1. The minimum atomic E-state index is -0.737. The van der Waals surface area contributed by atoms with Gasteiger partial charge in [0.05, 0.1) is 28.0 Å². The molecule has 0 radical (unpaired) electrons. The number of aromatic nitrogens is 1. The number of carbonyl (C=O) groups excluding carboxylic acids is 1. The smallest absolute Gasteiger partial charge is 0.256 e. The minimum Gasteiger partial charge on any atom is -0.400 e. The molecule has 9 heteroatoms. The van der Waals surface area contributed by atoms with Crippen LogP contribution in [0.15, 0.2) is 58.9 Å². The first-order valence-electron chi connectivity index (χ1n) is 12.0. The fourth-order valence-electron chi connectivity index (χ4n) is 4.39. The molecule has 4 rings (SSSR count). The molecule has 3 N–H and O–H groups in total. The van der Waals surface area contributed by atoms with Gasteiger partial charge in [0.2, 0.25) is 0 Å². The summed E-state index contributed by atoms with van der Waals surface area (Å²) in [6.45, 7) is 5.92. The summed E-state index contributed by atoms with van der Waals surface area (Å²) in [7, 11) is 1.50. The second-order valence-corrected chi connectivity index (χ2v) is 8.73. The molecule has 1 aromatic heterocycles. The van der Waals surface area contributed by atoms with Crippen molar-refractivity contribution in [1.82, 2.24) is 9.88 Å². The molecule has 1 unspecified atom stereocenters. The van der Waals surface area contributed by atoms with Gasteiger partial charge in [-0.25, -0.2) is 13.2 Å². The molecular weight excluding hydrogens is 513 g/mol. The van der Waals surface area contributed by atoms with Crippen molar-refractivity contribution in [3.8, 4) is 23.5 Å². The zero-order valence-electron chi connectivity index (χ0n) is 21.5. The van der Waals surface area contributed by atoms with E-state index in [2.05, 4.69) is 15.9 Å². The fourth-order valence-corrected chi connectivity index (χ4v) is 4.69. The normalized spacial score (nSPS) is 15.6. The zero-order chi connectivity index (χ0) is 28.1. The van der Waals surface area contributed by atoms with Crippen LogP contribution in [0.5, 0.6) is 0 Å². The van der Waals surface area contributed by atoms with Crippen molar-refractivity contribution >= 4 is 23.2 Å². The number of rotatable bonds is 4. The number of amides is 1. The quantitative estimate of drug-likeness (QED) is 0.300. The molecule has 0 fully saturated rings. The molecule has 5 nitrogen and oxygen atoms in total. The SMILES string of the molecule is C#Cc1cc(-c2cc(F)cc(C(=O)N3CCC(C(=NC)c4cc(F)cc(F)c4)=C(N)C3C)c2Cl)c[nH]1.CC. The van der Waals surface area contributed by atoms with Gasteiger partial charge in [0.15, 0.2) is 0 Å². The van der Waals surface area contributed by atoms with Crippen LogP contribution in [0.4, 0.5) is 13.2 Å². The van der Waals surface area contributed by atoms with Crippen molar-refractivity contribution in [1.29, 1.82) is 0 Å². The third-order valence-corrected chi connectivity index (χ3v) is 6.60. The van der Waals surface area contributed by atoms with Crippen LogP contribution in [0.25, 0.3) is 11.1 Å². The number of nitrogens with two attached hydrogens (primary N) is 1. The third kappa shape index (κ3) is 5.63. The zero-order valence-corrected chi connectivity index (χ0v) is 22.3. The highest BCUT2D eigenvalue weighted by molar-refractivity contribution is 6.36. The van der Waals surface area contributed by atoms with E-state index in [0.717, 1.165) is 12.1 Å². The Bertz CT molecular complexity index is 1450. The Morgan fingerprint density at radius 1 is 1.13 bits per heavy atom. The Balaban J connectivity index is 0.00000195. The second-order valence-electron chi connectivity index (χ2n) is 8.35. The Hall–Kier alpha value is -3.96. The topological polar surface area (TPSA) is 74.5 Å². The number of halogens is 4. The molecule has 0 saturated heterocycles. The molecule has 3 aromatic rings. The largest absolute Gasteiger partial charge is 0.400 e. The minimum absolute atomic E-state index is 0.0187. The number of terminal acetylenes is 1. The van der Waals surface area contributed by atoms with Crippen molar-refractivity contribution in [3.05, 3.63) is 93.2 Å². The van der Waals surface area contributed by atoms with E-state index >= 15 is 0 Å². The number of nitrogens with zero attached hydrogens (tertiary/aromatic N) is 2. The molecule has 0 saturated carbocycles. The lowest BCUT2D eigenvalue weighted by atomic mass is 9.91. The molecule has 1 aliphatic heterocycles. The Kier molecular flexibility index (Phi) is 9.08. The lowest BCUT2D eigenvalue weighted by molar-refractivity contribution is 0.0706. The first kappa shape index (κ1) is 28.6. The van der Waals surface area contributed by atoms with Crippen LogP contribution >= 0.6 is 11.6 Å². The molecule has 198 valence electrons. The summed E-state index contributed by atoms with van der Waals surface area (Å²) in [6.07, 6.45) is 7.26. The first-order chi connectivity index (χ1) is 18.1. The van der Waals surface area contributed by atoms with Gasteiger partial charge in [0, 0.05) is 53.8 Å². The molecule has 0 aliphatic carbocycles. The maximum absolute atomic E-state index is 14.6. The Morgan fingerprint density at radius 2 is 1.76 bits per heavy atom. The van der Waals surface area contributed by atoms with E-state index in [1.807, 2.05) is 13.8 Å². The molecule has 0 spiro atoms. The van der Waals surface area contributed by atoms with Gasteiger partial charge in [-0.15, -0.1) is 6.42 Å². The predicted octanol–water partition coefficient (Wildman–Crippen LogP) is 6.33. The standard InChI is InChI=1S/C27H22ClF3N4O.C2H6/c1-4-20-9-16(13-34-20)22-11-19(31)12-23(24(22)28)27(36)35-6-5-21(25(32)14(35)2)26(33-3)15-7-17(29)10-18(30)8-15;1-2/h1,7-14,34H,5-6,32H2,2-3H3;1-2H3. The van der Waals surface area contributed by atoms with Crippen molar-refractivity contribution < 1.29 is 18.0 Å². The summed E-state index contributed by atoms with van der Waals surface area (Å²) in [5, 5.41) is 0.0792. The van der Waals surface area contributed by atoms with E-state index in [0.29, 0.717) is 33.8 Å². The highest BCUT2D eigenvalue weighted by Crippen LogP contribution is 2.34. The molecule has 1 atom stereocenters. The maximum Gasteiger partial charge on any atom is 0.256 e. The van der Waals surface area contributed by atoms with Crippen LogP contribution in [0.2, 0.25) is 5.02 Å². The number of benzene rings is 2. The summed E-state index contributed by atoms with van der Waals surface area (Å²) < 4.78 is 42.2. The Labute approximate surface area is 225 Å². The van der Waals surface area contributed by atoms with E-state index in [-0.39, 0.29) is 29.1 Å². The summed E-state index contributed by atoms with van der Waals surface area (Å²) in [6, 6.07) is 6.46. The maximum atomic E-state index is 14.6. The molecule has 38 heavy (non-hydrogen) atoms. The first-order valence-corrected chi connectivity index (χ1v) is 12.4. The highest BCUT2D eigenvalue weighted by Gasteiger charge is 2.32. The molecule has 2 aromatic carbocycles. The van der Waals surface area contributed by atoms with Crippen LogP contribution in [0.1, 0.15) is 48.8 Å². The van der Waals surface area contributed by atoms with E-state index < -0.39 is 29.4 Å². The van der Waals surface area contributed by atoms with Crippen LogP contribution < -0.4 is 5.73 Å². The number of hydrogen-bond acceptors (Lipinski definition) is 3. The average molecular weight is 541 g/mol. The van der Waals surface area contributed by atoms with Crippen molar-refractivity contribution in [2.24, 2.45) is 10.7 Å². The lowest BCUT2D eigenvalue weighted by Crippen LogP contribution is -2.46. The van der Waals surface area contributed by atoms with Gasteiger partial charge in [-0.1, -0.05) is 31.4 Å². The van der Waals surface area contributed by atoms with Crippen molar-refractivity contribution in [2.45, 2.75) is 33.2 Å². The monoisotopic (exact) mass is 540 g/mol. The van der Waals surface area contributed by atoms with Crippen LogP contribution in [-0.4, -0.2) is 41.1 Å². The molecule has 2 heterocycles. The third-order valence-electron chi connectivity index (χ3n) is 6.19. The van der Waals surface area contributed by atoms with Gasteiger partial charge in [0.25, 0.3) is 5.91 Å². The van der Waals surface area contributed by atoms with Gasteiger partial charge >= 0.3 is 0 Å². The number of nitrogens with one attached hydrogen (secondary N) is 1. The summed E-state index contributed by atoms with van der Waals surface area (Å²) in [5.74, 6) is -0.165. The number of carbonyl (C=O) groups is 1. The molecule has 1 amide bonds. The number of H-pyrrole nitrogens is 1. The van der Waals surface area contributed by atoms with E-state index in [4.69, 9.17) is 23.8 Å². The Morgan fingerprint density at radius 3 is 2.34 bits per heavy atom. The lowest BCUT2D eigenvalue weighted by Gasteiger charge is -2.36. The predicted molar refractivity (Wildman–Crippen MR) is 146 cm³/mol. The van der Waals surface area contributed by atoms with Crippen LogP contribution in [0.3, 0.4) is 0 Å². The fraction of sp³-hybridized carbons (Fsp3) is 0.241. The van der Waals surface area contributed by atoms with Gasteiger partial charge in [-0.2, -0.15) is 0 Å². The van der Waals surface area contributed by atoms with Crippen molar-refractivity contribution in [3.63, 3.8) is 0 Å². The summed E-state index contributed by atoms with van der Waals surface area (Å²) in [5.41, 5.74) is 9.23. The van der Waals surface area contributed by atoms with E-state index in [1.54, 1.807) is 19.2 Å². The second kappa shape index (κ2) is 12.1. The van der Waals surface area contributed by atoms with Crippen LogP contribution in [-0.2, 0) is 0 Å². The van der Waals surface area contributed by atoms with Gasteiger partial charge in [-0.05, 0) is 43.7 Å². The number of hydrogen-bond donors (Lipinski definition) is 2. The molecule has 0 bridgehead atoms.